The van der Waals surface area contributed by atoms with Gasteiger partial charge in [-0.25, -0.2) is 9.59 Å². The quantitative estimate of drug-likeness (QED) is 0.00637. The van der Waals surface area contributed by atoms with Gasteiger partial charge in [0.15, 0.2) is 17.3 Å². The largest absolute Gasteiger partial charge is 0.490 e. The molecule has 70 heavy (non-hydrogen) atoms. The third kappa shape index (κ3) is 25.1. The molecule has 0 aliphatic rings. The summed E-state index contributed by atoms with van der Waals surface area (Å²) in [4.78, 5) is 79.1. The van der Waals surface area contributed by atoms with Gasteiger partial charge in [-0.1, -0.05) is 71.5 Å². The third-order valence-corrected chi connectivity index (χ3v) is 7.98. The fraction of sp³-hybridized carbons (Fsp3) is 0.245. The van der Waals surface area contributed by atoms with Gasteiger partial charge in [0.2, 0.25) is 13.6 Å². The summed E-state index contributed by atoms with van der Waals surface area (Å²) in [5.41, 5.74) is -1.33. The molecule has 378 valence electrons. The van der Waals surface area contributed by atoms with Crippen molar-refractivity contribution in [3.05, 3.63) is 189 Å². The van der Waals surface area contributed by atoms with E-state index in [2.05, 4.69) is 54.3 Å². The Balaban J connectivity index is 0. The zero-order valence-electron chi connectivity index (χ0n) is 38.3. The molecule has 17 heteroatoms. The van der Waals surface area contributed by atoms with E-state index in [-0.39, 0.29) is 39.4 Å². The highest BCUT2D eigenvalue weighted by Crippen LogP contribution is 2.20. The van der Waals surface area contributed by atoms with Gasteiger partial charge in [0, 0.05) is 38.9 Å². The Bertz CT molecular complexity index is 2240. The van der Waals surface area contributed by atoms with Crippen LogP contribution in [0.2, 0.25) is 0 Å². The standard InChI is InChI=1S/C27H30O10.C18H16O4.C4H6O3.C2H4.2CH4/c1-17(25(31)37-16-35-21-12-8-19(9-13-21)24(30)27(4,5)33)14-22(28)36-15-34-20-10-6-18(7-11-20)23(29)26(2,3)32;1-2-17(19)22-13-12-21-16-10-8-15(9-11-16)18(20)14-6-4-3-5-7-14;1-3-5-7-6-4-2;1-2;;/h6-13,32-33H,1,14-16H2,2-5H3;2-11H,1,12-13H2;3-4H,1-2H2;1-2H2;2*1H4. The second kappa shape index (κ2) is 34.2. The van der Waals surface area contributed by atoms with Gasteiger partial charge in [0.1, 0.15) is 54.2 Å². The molecule has 0 aromatic heterocycles. The smallest absolute Gasteiger partial charge is 0.336 e. The van der Waals surface area contributed by atoms with Gasteiger partial charge in [-0.2, -0.15) is 0 Å². The molecule has 17 nitrogen and oxygen atoms in total. The van der Waals surface area contributed by atoms with E-state index in [0.29, 0.717) is 39.5 Å². The highest BCUT2D eigenvalue weighted by molar-refractivity contribution is 6.09. The van der Waals surface area contributed by atoms with Crippen molar-refractivity contribution in [3.8, 4) is 17.2 Å². The normalized spacial score (nSPS) is 9.80. The molecule has 4 rings (SSSR count). The summed E-state index contributed by atoms with van der Waals surface area (Å²) in [6, 6.07) is 27.8. The summed E-state index contributed by atoms with van der Waals surface area (Å²) < 4.78 is 30.6. The van der Waals surface area contributed by atoms with E-state index >= 15 is 0 Å². The first-order valence-electron chi connectivity index (χ1n) is 20.1. The van der Waals surface area contributed by atoms with Crippen LogP contribution in [0.1, 0.15) is 85.6 Å². The van der Waals surface area contributed by atoms with Gasteiger partial charge in [0.25, 0.3) is 0 Å². The number of rotatable bonds is 24. The molecule has 0 aliphatic carbocycles. The van der Waals surface area contributed by atoms with Crippen LogP contribution in [0.5, 0.6) is 17.2 Å². The first-order valence-corrected chi connectivity index (χ1v) is 20.1. The number of benzene rings is 4. The summed E-state index contributed by atoms with van der Waals surface area (Å²) in [6.07, 6.45) is 2.84. The van der Waals surface area contributed by atoms with Crippen molar-refractivity contribution >= 4 is 35.3 Å². The number of ketones is 3. The number of carbonyl (C=O) groups is 6. The fourth-order valence-corrected chi connectivity index (χ4v) is 4.72. The predicted octanol–water partition coefficient (Wildman–Crippen LogP) is 9.25. The molecule has 0 saturated heterocycles. The Kier molecular flexibility index (Phi) is 31.3. The summed E-state index contributed by atoms with van der Waals surface area (Å²) in [7, 11) is 0. The van der Waals surface area contributed by atoms with Gasteiger partial charge in [0.05, 0.1) is 6.42 Å². The molecule has 0 saturated carbocycles. The number of esters is 3. The zero-order valence-corrected chi connectivity index (χ0v) is 38.3. The molecular formula is C53H64O17. The highest BCUT2D eigenvalue weighted by atomic mass is 17.5. The van der Waals surface area contributed by atoms with Crippen molar-refractivity contribution < 1.29 is 82.2 Å². The molecule has 2 N–H and O–H groups in total. The average Bonchev–Trinajstić information content (AvgIpc) is 3.33. The van der Waals surface area contributed by atoms with Crippen LogP contribution in [0, 0.1) is 0 Å². The first kappa shape index (κ1) is 64.0. The lowest BCUT2D eigenvalue weighted by Crippen LogP contribution is -2.31. The number of Topliss-reactive ketones (excluding diaryl/α,β-unsaturated/α-hetero) is 2. The number of carbonyl (C=O) groups excluding carboxylic acids is 6. The minimum Gasteiger partial charge on any atom is -0.490 e. The maximum atomic E-state index is 12.2. The minimum atomic E-state index is -1.50. The molecule has 0 unspecified atom stereocenters. The van der Waals surface area contributed by atoms with E-state index in [0.717, 1.165) is 18.6 Å². The fourth-order valence-electron chi connectivity index (χ4n) is 4.72. The van der Waals surface area contributed by atoms with Crippen LogP contribution in [0.3, 0.4) is 0 Å². The lowest BCUT2D eigenvalue weighted by molar-refractivity contribution is -0.464. The van der Waals surface area contributed by atoms with Gasteiger partial charge < -0.3 is 48.4 Å². The van der Waals surface area contributed by atoms with Gasteiger partial charge >= 0.3 is 17.9 Å². The number of ether oxygens (including phenoxy) is 6. The molecule has 0 bridgehead atoms. The Morgan fingerprint density at radius 3 is 1.36 bits per heavy atom. The van der Waals surface area contributed by atoms with Crippen molar-refractivity contribution in [1.29, 1.82) is 0 Å². The Morgan fingerprint density at radius 1 is 0.543 bits per heavy atom. The zero-order chi connectivity index (χ0) is 51.1. The summed E-state index contributed by atoms with van der Waals surface area (Å²) in [6.45, 7) is 24.2. The van der Waals surface area contributed by atoms with E-state index in [4.69, 9.17) is 28.4 Å². The van der Waals surface area contributed by atoms with E-state index < -0.39 is 60.7 Å². The van der Waals surface area contributed by atoms with Crippen LogP contribution < -0.4 is 14.2 Å². The number of aliphatic hydroxyl groups is 2. The summed E-state index contributed by atoms with van der Waals surface area (Å²) in [5.74, 6) is -1.79. The molecule has 0 heterocycles. The van der Waals surface area contributed by atoms with Crippen molar-refractivity contribution in [3.63, 3.8) is 0 Å². The van der Waals surface area contributed by atoms with E-state index in [1.165, 1.54) is 76.2 Å². The molecule has 0 amide bonds. The number of hydrogen-bond acceptors (Lipinski definition) is 17. The Morgan fingerprint density at radius 2 is 0.943 bits per heavy atom. The lowest BCUT2D eigenvalue weighted by Gasteiger charge is -2.15. The Labute approximate surface area is 409 Å². The topological polar surface area (TPSA) is 226 Å². The summed E-state index contributed by atoms with van der Waals surface area (Å²) >= 11 is 0. The third-order valence-electron chi connectivity index (χ3n) is 7.98. The number of hydrogen-bond donors (Lipinski definition) is 2. The van der Waals surface area contributed by atoms with Crippen molar-refractivity contribution in [2.24, 2.45) is 0 Å². The second-order valence-corrected chi connectivity index (χ2v) is 14.1. The SMILES string of the molecule is C.C.C=C.C=C(CC(=O)OCOc1ccc(C(=O)C(C)(C)O)cc1)C(=O)OCOc1ccc(C(=O)C(C)(C)O)cc1.C=CC(=O)OCCOc1ccc(C(=O)c2ccccc2)cc1.C=COOOC=C. The van der Waals surface area contributed by atoms with Gasteiger partial charge in [-0.05, 0) is 100 Å². The van der Waals surface area contributed by atoms with Crippen molar-refractivity contribution in [2.75, 3.05) is 26.8 Å². The molecular weight excluding hydrogens is 909 g/mol. The molecule has 4 aromatic carbocycles. The maximum Gasteiger partial charge on any atom is 0.336 e. The lowest BCUT2D eigenvalue weighted by atomic mass is 9.97. The molecule has 0 fully saturated rings. The monoisotopic (exact) mass is 972 g/mol. The van der Waals surface area contributed by atoms with Crippen LogP contribution in [0.25, 0.3) is 0 Å². The second-order valence-electron chi connectivity index (χ2n) is 14.1. The summed E-state index contributed by atoms with van der Waals surface area (Å²) in [5, 5.41) is 23.4. The van der Waals surface area contributed by atoms with E-state index in [1.54, 1.807) is 36.4 Å². The Hall–Kier alpha value is -8.12. The van der Waals surface area contributed by atoms with Crippen LogP contribution in [0.4, 0.5) is 0 Å². The highest BCUT2D eigenvalue weighted by Gasteiger charge is 2.26. The van der Waals surface area contributed by atoms with Crippen LogP contribution in [-0.2, 0) is 43.4 Å². The molecule has 0 spiro atoms. The maximum absolute atomic E-state index is 12.2. The predicted molar refractivity (Wildman–Crippen MR) is 262 cm³/mol. The molecule has 0 atom stereocenters. The average molecular weight is 973 g/mol. The van der Waals surface area contributed by atoms with E-state index in [1.807, 2.05) is 18.2 Å². The van der Waals surface area contributed by atoms with Crippen LogP contribution >= 0.6 is 0 Å². The first-order chi connectivity index (χ1) is 32.3. The van der Waals surface area contributed by atoms with Gasteiger partial charge in [-0.15, -0.1) is 13.2 Å². The molecule has 0 radical (unpaired) electrons. The van der Waals surface area contributed by atoms with Crippen molar-refractivity contribution in [1.82, 2.24) is 0 Å². The molecule has 0 aliphatic heterocycles. The van der Waals surface area contributed by atoms with Crippen LogP contribution in [-0.4, -0.2) is 83.5 Å². The molecule has 4 aromatic rings. The van der Waals surface area contributed by atoms with Crippen molar-refractivity contribution in [2.45, 2.75) is 60.2 Å². The van der Waals surface area contributed by atoms with Crippen LogP contribution in [0.15, 0.2) is 167 Å². The van der Waals surface area contributed by atoms with E-state index in [9.17, 15) is 39.0 Å². The minimum absolute atomic E-state index is 0. The van der Waals surface area contributed by atoms with Gasteiger partial charge in [-0.3, -0.25) is 19.2 Å².